The zero-order chi connectivity index (χ0) is 32.4. The summed E-state index contributed by atoms with van der Waals surface area (Å²) in [6.45, 7) is 3.55. The first kappa shape index (κ1) is 38.9. The van der Waals surface area contributed by atoms with Crippen molar-refractivity contribution in [2.24, 2.45) is 0 Å². The first-order chi connectivity index (χ1) is 21.9. The molecule has 0 saturated heterocycles. The van der Waals surface area contributed by atoms with Crippen molar-refractivity contribution in [2.75, 3.05) is 37.0 Å². The Kier molecular flexibility index (Phi) is 21.5. The average molecular weight is 646 g/mol. The first-order valence-corrected chi connectivity index (χ1v) is 19.2. The number of pyridine rings is 1. The molecule has 8 heteroatoms. The molecule has 0 aliphatic carbocycles. The normalized spacial score (nSPS) is 11.9. The van der Waals surface area contributed by atoms with Gasteiger partial charge in [0, 0.05) is 50.5 Å². The van der Waals surface area contributed by atoms with Gasteiger partial charge < -0.3 is 15.1 Å². The molecule has 45 heavy (non-hydrogen) atoms. The van der Waals surface area contributed by atoms with Crippen molar-refractivity contribution in [2.45, 2.75) is 122 Å². The smallest absolute Gasteiger partial charge is 0.264 e. The molecule has 0 bridgehead atoms. The molecule has 0 amide bonds. The highest BCUT2D eigenvalue weighted by Crippen LogP contribution is 2.20. The summed E-state index contributed by atoms with van der Waals surface area (Å²) in [6.07, 6.45) is 28.8. The lowest BCUT2D eigenvalue weighted by Gasteiger charge is -2.25. The van der Waals surface area contributed by atoms with Crippen molar-refractivity contribution in [3.05, 3.63) is 59.9 Å². The van der Waals surface area contributed by atoms with Crippen LogP contribution in [0.5, 0.6) is 0 Å². The number of aromatic nitrogens is 1. The van der Waals surface area contributed by atoms with E-state index in [1.54, 1.807) is 0 Å². The second kappa shape index (κ2) is 24.9. The number of aryl methyl sites for hydroxylation is 1. The summed E-state index contributed by atoms with van der Waals surface area (Å²) in [4.78, 5) is 2.57. The summed E-state index contributed by atoms with van der Waals surface area (Å²) in [7, 11) is -3.88. The molecule has 3 N–H and O–H groups in total. The highest BCUT2D eigenvalue weighted by atomic mass is 32.2. The van der Waals surface area contributed by atoms with Crippen molar-refractivity contribution in [1.82, 2.24) is 0 Å². The number of aliphatic hydroxyl groups is 2. The molecule has 1 aromatic heterocycles. The minimum Gasteiger partial charge on any atom is -0.396 e. The van der Waals surface area contributed by atoms with Gasteiger partial charge in [-0.3, -0.25) is 4.55 Å². The van der Waals surface area contributed by atoms with Crippen LogP contribution in [0.2, 0.25) is 0 Å². The van der Waals surface area contributed by atoms with Crippen LogP contribution in [0.15, 0.2) is 48.8 Å². The second-order valence-corrected chi connectivity index (χ2v) is 14.0. The first-order valence-electron chi connectivity index (χ1n) is 17.6. The molecule has 254 valence electrons. The molecule has 0 aliphatic heterocycles. The zero-order valence-electron chi connectivity index (χ0n) is 27.7. The molecule has 0 radical (unpaired) electrons. The standard InChI is InChI=1S/C37H60N2O5S/c40-32-16-11-7-3-1-5-9-13-28-39(29-14-10-6-2-4-8-12-17-33-41)37-23-21-35(22-24-37)19-20-36-25-30-38(31-26-36)27-15-18-34-45(42,43)44/h19-26,30-31,40-41H,1-18,27-29,32-34H2/p+1. The Morgan fingerprint density at radius 3 is 1.42 bits per heavy atom. The summed E-state index contributed by atoms with van der Waals surface area (Å²) < 4.78 is 32.6. The van der Waals surface area contributed by atoms with E-state index >= 15 is 0 Å². The monoisotopic (exact) mass is 645 g/mol. The molecule has 0 saturated carbocycles. The Balaban J connectivity index is 1.82. The van der Waals surface area contributed by atoms with Gasteiger partial charge in [-0.25, -0.2) is 4.57 Å². The van der Waals surface area contributed by atoms with Gasteiger partial charge in [-0.15, -0.1) is 0 Å². The summed E-state index contributed by atoms with van der Waals surface area (Å²) in [5.41, 5.74) is 3.58. The van der Waals surface area contributed by atoms with E-state index in [9.17, 15) is 8.42 Å². The van der Waals surface area contributed by atoms with E-state index in [2.05, 4.69) is 53.5 Å². The van der Waals surface area contributed by atoms with Crippen LogP contribution in [-0.2, 0) is 16.7 Å². The Labute approximate surface area is 274 Å². The predicted molar refractivity (Wildman–Crippen MR) is 188 cm³/mol. The zero-order valence-corrected chi connectivity index (χ0v) is 28.5. The minimum atomic E-state index is -3.88. The highest BCUT2D eigenvalue weighted by Gasteiger charge is 2.08. The largest absolute Gasteiger partial charge is 0.396 e. The molecule has 0 aliphatic rings. The van der Waals surface area contributed by atoms with Crippen molar-refractivity contribution in [3.8, 4) is 0 Å². The lowest BCUT2D eigenvalue weighted by molar-refractivity contribution is -0.697. The molecule has 7 nitrogen and oxygen atoms in total. The van der Waals surface area contributed by atoms with Crippen LogP contribution in [0.3, 0.4) is 0 Å². The summed E-state index contributed by atoms with van der Waals surface area (Å²) in [5.74, 6) is -0.189. The SMILES string of the molecule is O=S(=O)(O)CCCC[n+]1ccc(/C=C/c2ccc(N(CCCCCCCCCCO)CCCCCCCCCCO)cc2)cc1. The van der Waals surface area contributed by atoms with Gasteiger partial charge in [0.05, 0.1) is 5.75 Å². The van der Waals surface area contributed by atoms with E-state index in [0.717, 1.165) is 44.3 Å². The van der Waals surface area contributed by atoms with Crippen molar-refractivity contribution >= 4 is 28.0 Å². The van der Waals surface area contributed by atoms with E-state index in [1.165, 1.54) is 88.3 Å². The maximum atomic E-state index is 10.9. The number of rotatable bonds is 28. The molecular weight excluding hydrogens is 584 g/mol. The molecule has 0 atom stereocenters. The topological polar surface area (TPSA) is 102 Å². The van der Waals surface area contributed by atoms with Crippen LogP contribution >= 0.6 is 0 Å². The number of nitrogens with zero attached hydrogens (tertiary/aromatic N) is 2. The maximum absolute atomic E-state index is 10.9. The van der Waals surface area contributed by atoms with Gasteiger partial charge in [-0.2, -0.15) is 8.42 Å². The number of unbranched alkanes of at least 4 members (excludes halogenated alkanes) is 15. The van der Waals surface area contributed by atoms with E-state index < -0.39 is 10.1 Å². The molecule has 0 unspecified atom stereocenters. The van der Waals surface area contributed by atoms with E-state index in [1.807, 2.05) is 17.0 Å². The van der Waals surface area contributed by atoms with Crippen LogP contribution in [0.25, 0.3) is 12.2 Å². The van der Waals surface area contributed by atoms with Gasteiger partial charge in [-0.05, 0) is 55.4 Å². The van der Waals surface area contributed by atoms with Gasteiger partial charge in [0.1, 0.15) is 6.54 Å². The predicted octanol–water partition coefficient (Wildman–Crippen LogP) is 7.85. The quantitative estimate of drug-likeness (QED) is 0.0495. The molecule has 2 rings (SSSR count). The van der Waals surface area contributed by atoms with Gasteiger partial charge >= 0.3 is 0 Å². The Bertz CT molecular complexity index is 1100. The fraction of sp³-hybridized carbons (Fsp3) is 0.649. The lowest BCUT2D eigenvalue weighted by atomic mass is 10.1. The summed E-state index contributed by atoms with van der Waals surface area (Å²) in [6, 6.07) is 13.0. The average Bonchev–Trinajstić information content (AvgIpc) is 3.03. The van der Waals surface area contributed by atoms with Crippen molar-refractivity contribution < 1.29 is 27.8 Å². The molecule has 1 aromatic carbocycles. The molecule has 1 heterocycles. The molecule has 2 aromatic rings. The van der Waals surface area contributed by atoms with Crippen LogP contribution in [0.1, 0.15) is 127 Å². The van der Waals surface area contributed by atoms with Crippen LogP contribution < -0.4 is 9.47 Å². The Morgan fingerprint density at radius 1 is 0.556 bits per heavy atom. The van der Waals surface area contributed by atoms with E-state index in [4.69, 9.17) is 14.8 Å². The number of hydrogen-bond acceptors (Lipinski definition) is 5. The van der Waals surface area contributed by atoms with E-state index in [-0.39, 0.29) is 5.75 Å². The third-order valence-corrected chi connectivity index (χ3v) is 9.19. The molecular formula is C37H61N2O5S+. The van der Waals surface area contributed by atoms with Gasteiger partial charge in [0.25, 0.3) is 10.1 Å². The third kappa shape index (κ3) is 20.5. The number of hydrogen-bond donors (Lipinski definition) is 3. The van der Waals surface area contributed by atoms with Gasteiger partial charge in [0.2, 0.25) is 0 Å². The Hall–Kier alpha value is -2.26. The van der Waals surface area contributed by atoms with Crippen molar-refractivity contribution in [1.29, 1.82) is 0 Å². The van der Waals surface area contributed by atoms with Crippen LogP contribution in [-0.4, -0.2) is 55.2 Å². The Morgan fingerprint density at radius 2 is 0.978 bits per heavy atom. The van der Waals surface area contributed by atoms with Crippen LogP contribution in [0.4, 0.5) is 5.69 Å². The van der Waals surface area contributed by atoms with Gasteiger partial charge in [0.15, 0.2) is 12.4 Å². The maximum Gasteiger partial charge on any atom is 0.264 e. The number of aliphatic hydroxyl groups excluding tert-OH is 2. The van der Waals surface area contributed by atoms with Gasteiger partial charge in [-0.1, -0.05) is 101 Å². The second-order valence-electron chi connectivity index (χ2n) is 12.4. The fourth-order valence-corrected chi connectivity index (χ4v) is 6.19. The molecule has 0 fully saturated rings. The van der Waals surface area contributed by atoms with Crippen LogP contribution in [0, 0.1) is 0 Å². The summed E-state index contributed by atoms with van der Waals surface area (Å²) >= 11 is 0. The van der Waals surface area contributed by atoms with Crippen molar-refractivity contribution in [3.63, 3.8) is 0 Å². The minimum absolute atomic E-state index is 0.189. The highest BCUT2D eigenvalue weighted by molar-refractivity contribution is 7.85. The number of benzene rings is 1. The number of anilines is 1. The van der Waals surface area contributed by atoms with E-state index in [0.29, 0.717) is 32.6 Å². The third-order valence-electron chi connectivity index (χ3n) is 8.38. The summed E-state index contributed by atoms with van der Waals surface area (Å²) in [5, 5.41) is 17.9. The lowest BCUT2D eigenvalue weighted by Crippen LogP contribution is -2.32. The fourth-order valence-electron chi connectivity index (χ4n) is 5.62. The molecule has 0 spiro atoms.